The number of aromatic nitrogens is 4. The van der Waals surface area contributed by atoms with Crippen molar-refractivity contribution in [3.63, 3.8) is 0 Å². The van der Waals surface area contributed by atoms with Crippen molar-refractivity contribution in [1.82, 2.24) is 19.1 Å². The molecule has 0 atom stereocenters. The van der Waals surface area contributed by atoms with Crippen molar-refractivity contribution in [1.29, 1.82) is 0 Å². The van der Waals surface area contributed by atoms with E-state index in [4.69, 9.17) is 4.74 Å². The Balaban J connectivity index is 1.93. The van der Waals surface area contributed by atoms with E-state index in [1.54, 1.807) is 24.3 Å². The second-order valence-electron chi connectivity index (χ2n) is 6.61. The van der Waals surface area contributed by atoms with Crippen LogP contribution < -0.4 is 11.2 Å². The molecule has 10 heteroatoms. The maximum Gasteiger partial charge on any atom is 0.329 e. The maximum atomic E-state index is 12.8. The second-order valence-corrected chi connectivity index (χ2v) is 7.59. The van der Waals surface area contributed by atoms with Crippen molar-refractivity contribution in [2.45, 2.75) is 25.6 Å². The number of carbonyl (C=O) groups is 2. The number of carbonyl (C=O) groups excluding carboxylic acids is 2. The van der Waals surface area contributed by atoms with E-state index in [1.165, 1.54) is 27.9 Å². The highest BCUT2D eigenvalue weighted by molar-refractivity contribution is 7.99. The number of esters is 1. The standard InChI is InChI=1S/C20H22N4O5S/c1-3-9-29-16(26)12-30-11-15-21-18-17(19(27)22-20(28)23(18)2)24(15)10-14(25)13-7-5-4-6-8-13/h4-8H,3,9-12H2,1-2H3,(H,22,27,28). The van der Waals surface area contributed by atoms with E-state index in [9.17, 15) is 19.2 Å². The molecule has 30 heavy (non-hydrogen) atoms. The van der Waals surface area contributed by atoms with Gasteiger partial charge in [0.25, 0.3) is 5.56 Å². The van der Waals surface area contributed by atoms with Gasteiger partial charge in [-0.3, -0.25) is 23.9 Å². The van der Waals surface area contributed by atoms with Gasteiger partial charge in [0.05, 0.1) is 24.7 Å². The number of fused-ring (bicyclic) bond motifs is 1. The summed E-state index contributed by atoms with van der Waals surface area (Å²) in [4.78, 5) is 55.6. The lowest BCUT2D eigenvalue weighted by Gasteiger charge is -2.08. The number of Topliss-reactive ketones (excluding diaryl/α,β-unsaturated/α-hetero) is 1. The lowest BCUT2D eigenvalue weighted by molar-refractivity contribution is -0.140. The highest BCUT2D eigenvalue weighted by atomic mass is 32.2. The van der Waals surface area contributed by atoms with E-state index in [-0.39, 0.29) is 41.0 Å². The summed E-state index contributed by atoms with van der Waals surface area (Å²) in [7, 11) is 1.50. The number of benzene rings is 1. The average molecular weight is 430 g/mol. The summed E-state index contributed by atoms with van der Waals surface area (Å²) in [5.41, 5.74) is -0.365. The smallest absolute Gasteiger partial charge is 0.329 e. The Labute approximate surface area is 176 Å². The summed E-state index contributed by atoms with van der Waals surface area (Å²) in [6.07, 6.45) is 0.741. The predicted octanol–water partition coefficient (Wildman–Crippen LogP) is 1.49. The fourth-order valence-electron chi connectivity index (χ4n) is 2.90. The third-order valence-electron chi connectivity index (χ3n) is 4.40. The lowest BCUT2D eigenvalue weighted by Crippen LogP contribution is -2.29. The summed E-state index contributed by atoms with van der Waals surface area (Å²) >= 11 is 1.26. The first-order valence-corrected chi connectivity index (χ1v) is 10.6. The number of hydrogen-bond donors (Lipinski definition) is 1. The molecule has 0 aliphatic rings. The van der Waals surface area contributed by atoms with Crippen LogP contribution >= 0.6 is 11.8 Å². The number of imidazole rings is 1. The van der Waals surface area contributed by atoms with E-state index in [2.05, 4.69) is 9.97 Å². The van der Waals surface area contributed by atoms with Gasteiger partial charge in [0.1, 0.15) is 5.82 Å². The Morgan fingerprint density at radius 2 is 1.93 bits per heavy atom. The van der Waals surface area contributed by atoms with Gasteiger partial charge in [-0.25, -0.2) is 9.78 Å². The number of hydrogen-bond acceptors (Lipinski definition) is 7. The molecular formula is C20H22N4O5S. The molecule has 0 radical (unpaired) electrons. The van der Waals surface area contributed by atoms with Crippen LogP contribution in [0.15, 0.2) is 39.9 Å². The molecule has 0 aliphatic carbocycles. The number of rotatable bonds is 9. The van der Waals surface area contributed by atoms with Gasteiger partial charge in [-0.1, -0.05) is 37.3 Å². The third kappa shape index (κ3) is 4.70. The molecule has 0 bridgehead atoms. The van der Waals surface area contributed by atoms with Gasteiger partial charge in [0, 0.05) is 12.6 Å². The van der Waals surface area contributed by atoms with E-state index in [0.29, 0.717) is 18.0 Å². The van der Waals surface area contributed by atoms with E-state index < -0.39 is 11.2 Å². The van der Waals surface area contributed by atoms with Crippen LogP contribution in [0.3, 0.4) is 0 Å². The number of aryl methyl sites for hydroxylation is 1. The first kappa shape index (κ1) is 21.6. The molecule has 0 amide bonds. The minimum absolute atomic E-state index is 0.113. The third-order valence-corrected chi connectivity index (χ3v) is 5.30. The molecule has 2 aromatic heterocycles. The SMILES string of the molecule is CCCOC(=O)CSCc1nc2c(c(=O)[nH]c(=O)n2C)n1CC(=O)c1ccccc1. The largest absolute Gasteiger partial charge is 0.465 e. The van der Waals surface area contributed by atoms with Crippen LogP contribution in [0.1, 0.15) is 29.5 Å². The fraction of sp³-hybridized carbons (Fsp3) is 0.350. The molecule has 158 valence electrons. The highest BCUT2D eigenvalue weighted by Gasteiger charge is 2.20. The van der Waals surface area contributed by atoms with Crippen LogP contribution in [0.4, 0.5) is 0 Å². The van der Waals surface area contributed by atoms with Crippen molar-refractivity contribution in [2.24, 2.45) is 7.05 Å². The number of H-pyrrole nitrogens is 1. The Bertz CT molecular complexity index is 1180. The van der Waals surface area contributed by atoms with Crippen LogP contribution in [-0.4, -0.2) is 43.2 Å². The molecule has 1 aromatic carbocycles. The van der Waals surface area contributed by atoms with Crippen LogP contribution in [-0.2, 0) is 28.9 Å². The van der Waals surface area contributed by atoms with Crippen molar-refractivity contribution in [3.8, 4) is 0 Å². The highest BCUT2D eigenvalue weighted by Crippen LogP contribution is 2.18. The summed E-state index contributed by atoms with van der Waals surface area (Å²) in [5.74, 6) is 0.276. The molecule has 3 rings (SSSR count). The molecule has 0 saturated heterocycles. The zero-order chi connectivity index (χ0) is 21.7. The molecule has 1 N–H and O–H groups in total. The second kappa shape index (κ2) is 9.57. The monoisotopic (exact) mass is 430 g/mol. The summed E-state index contributed by atoms with van der Waals surface area (Å²) < 4.78 is 7.79. The van der Waals surface area contributed by atoms with Gasteiger partial charge < -0.3 is 9.30 Å². The Morgan fingerprint density at radius 1 is 1.20 bits per heavy atom. The van der Waals surface area contributed by atoms with Gasteiger partial charge in [0.2, 0.25) is 0 Å². The van der Waals surface area contributed by atoms with E-state index >= 15 is 0 Å². The average Bonchev–Trinajstić information content (AvgIpc) is 3.10. The molecule has 9 nitrogen and oxygen atoms in total. The van der Waals surface area contributed by atoms with Gasteiger partial charge in [-0.15, -0.1) is 11.8 Å². The molecule has 0 saturated carbocycles. The van der Waals surface area contributed by atoms with Gasteiger partial charge in [0.15, 0.2) is 16.9 Å². The number of ether oxygens (including phenoxy) is 1. The molecule has 0 fully saturated rings. The van der Waals surface area contributed by atoms with E-state index in [0.717, 1.165) is 6.42 Å². The Kier molecular flexibility index (Phi) is 6.88. The normalized spacial score (nSPS) is 11.0. The van der Waals surface area contributed by atoms with Crippen molar-refractivity contribution in [2.75, 3.05) is 12.4 Å². The first-order chi connectivity index (χ1) is 14.4. The fourth-order valence-corrected chi connectivity index (χ4v) is 3.66. The number of nitrogens with zero attached hydrogens (tertiary/aromatic N) is 3. The lowest BCUT2D eigenvalue weighted by atomic mass is 10.1. The summed E-state index contributed by atoms with van der Waals surface area (Å²) in [6.45, 7) is 2.16. The van der Waals surface area contributed by atoms with E-state index in [1.807, 2.05) is 13.0 Å². The number of ketones is 1. The molecular weight excluding hydrogens is 408 g/mol. The van der Waals surface area contributed by atoms with Crippen LogP contribution in [0, 0.1) is 0 Å². The molecule has 2 heterocycles. The predicted molar refractivity (Wildman–Crippen MR) is 114 cm³/mol. The minimum atomic E-state index is -0.611. The Morgan fingerprint density at radius 3 is 2.63 bits per heavy atom. The van der Waals surface area contributed by atoms with Crippen LogP contribution in [0.2, 0.25) is 0 Å². The molecule has 0 spiro atoms. The molecule has 3 aromatic rings. The molecule has 0 unspecified atom stereocenters. The number of nitrogens with one attached hydrogen (secondary N) is 1. The number of thioether (sulfide) groups is 1. The van der Waals surface area contributed by atoms with Crippen LogP contribution in [0.25, 0.3) is 11.2 Å². The van der Waals surface area contributed by atoms with Gasteiger partial charge in [-0.2, -0.15) is 0 Å². The summed E-state index contributed by atoms with van der Waals surface area (Å²) in [6, 6.07) is 8.71. The topological polar surface area (TPSA) is 116 Å². The minimum Gasteiger partial charge on any atom is -0.465 e. The first-order valence-electron chi connectivity index (χ1n) is 9.42. The number of aromatic amines is 1. The molecule has 0 aliphatic heterocycles. The summed E-state index contributed by atoms with van der Waals surface area (Å²) in [5, 5.41) is 0. The Hall–Kier alpha value is -3.14. The van der Waals surface area contributed by atoms with Gasteiger partial charge in [-0.05, 0) is 6.42 Å². The van der Waals surface area contributed by atoms with Crippen molar-refractivity contribution < 1.29 is 14.3 Å². The van der Waals surface area contributed by atoms with Gasteiger partial charge >= 0.3 is 11.7 Å². The van der Waals surface area contributed by atoms with Crippen LogP contribution in [0.5, 0.6) is 0 Å². The maximum absolute atomic E-state index is 12.8. The van der Waals surface area contributed by atoms with Crippen molar-refractivity contribution >= 4 is 34.7 Å². The zero-order valence-corrected chi connectivity index (χ0v) is 17.5. The van der Waals surface area contributed by atoms with Crippen molar-refractivity contribution in [3.05, 3.63) is 62.6 Å². The quantitative estimate of drug-likeness (QED) is 0.404. The zero-order valence-electron chi connectivity index (χ0n) is 16.7.